The number of unbranched alkanes of at least 4 members (excludes halogenated alkanes) is 1. The number of methoxy groups -OCH3 is 2. The van der Waals surface area contributed by atoms with Gasteiger partial charge in [0, 0.05) is 19.2 Å². The van der Waals surface area contributed by atoms with Gasteiger partial charge in [-0.1, -0.05) is 37.1 Å². The Labute approximate surface area is 198 Å². The van der Waals surface area contributed by atoms with Crippen molar-refractivity contribution in [2.75, 3.05) is 34.0 Å². The van der Waals surface area contributed by atoms with E-state index >= 15 is 0 Å². The first kappa shape index (κ1) is 24.6. The molecule has 2 aromatic rings. The van der Waals surface area contributed by atoms with Crippen LogP contribution in [0.5, 0.6) is 11.5 Å². The maximum absolute atomic E-state index is 13.0. The molecule has 1 N–H and O–H groups in total. The van der Waals surface area contributed by atoms with Gasteiger partial charge in [0.05, 0.1) is 37.0 Å². The van der Waals surface area contributed by atoms with Crippen LogP contribution in [0.4, 0.5) is 0 Å². The molecule has 7 nitrogen and oxygen atoms in total. The van der Waals surface area contributed by atoms with Crippen molar-refractivity contribution in [1.82, 2.24) is 4.90 Å². The molecule has 1 amide bonds. The van der Waals surface area contributed by atoms with Crippen molar-refractivity contribution in [3.8, 4) is 11.5 Å². The fourth-order valence-corrected chi connectivity index (χ4v) is 3.88. The summed E-state index contributed by atoms with van der Waals surface area (Å²) < 4.78 is 16.1. The minimum Gasteiger partial charge on any atom is -0.507 e. The van der Waals surface area contributed by atoms with Crippen LogP contribution in [0.3, 0.4) is 0 Å². The zero-order chi connectivity index (χ0) is 24.0. The molecule has 1 unspecified atom stereocenters. The number of aliphatic hydroxyl groups is 1. The standard InChI is InChI=1S/C25H28ClNO6/c1-4-5-13-33-18-9-6-16(7-10-18)22-21(24(29)25(30)27(22)12-14-31-2)23(28)17-8-11-19(26)20(15-17)32-3/h6-11,15,22,28H,4-5,12-14H2,1-3H3/b23-21-. The molecular formula is C25H28ClNO6. The summed E-state index contributed by atoms with van der Waals surface area (Å²) in [7, 11) is 2.98. The first-order chi connectivity index (χ1) is 15.9. The molecule has 0 spiro atoms. The van der Waals surface area contributed by atoms with Gasteiger partial charge in [-0.25, -0.2) is 0 Å². The van der Waals surface area contributed by atoms with Gasteiger partial charge in [-0.3, -0.25) is 9.59 Å². The van der Waals surface area contributed by atoms with Crippen LogP contribution in [0.2, 0.25) is 5.02 Å². The molecule has 1 atom stereocenters. The molecular weight excluding hydrogens is 446 g/mol. The van der Waals surface area contributed by atoms with Crippen molar-refractivity contribution in [3.05, 3.63) is 64.2 Å². The Bertz CT molecular complexity index is 1030. The van der Waals surface area contributed by atoms with E-state index in [1.807, 2.05) is 0 Å². The Morgan fingerprint density at radius 2 is 1.82 bits per heavy atom. The number of likely N-dealkylation sites (tertiary alicyclic amines) is 1. The molecule has 1 fully saturated rings. The first-order valence-electron chi connectivity index (χ1n) is 10.8. The molecule has 0 bridgehead atoms. The number of hydrogen-bond donors (Lipinski definition) is 1. The molecule has 1 saturated heterocycles. The number of amides is 1. The zero-order valence-corrected chi connectivity index (χ0v) is 19.7. The number of rotatable bonds is 10. The monoisotopic (exact) mass is 473 g/mol. The van der Waals surface area contributed by atoms with Crippen LogP contribution in [0.15, 0.2) is 48.0 Å². The van der Waals surface area contributed by atoms with Crippen LogP contribution in [-0.4, -0.2) is 55.7 Å². The smallest absolute Gasteiger partial charge is 0.295 e. The molecule has 2 aromatic carbocycles. The Kier molecular flexibility index (Phi) is 8.36. The summed E-state index contributed by atoms with van der Waals surface area (Å²) >= 11 is 6.10. The summed E-state index contributed by atoms with van der Waals surface area (Å²) in [6.07, 6.45) is 1.98. The van der Waals surface area contributed by atoms with Crippen molar-refractivity contribution in [3.63, 3.8) is 0 Å². The number of halogens is 1. The summed E-state index contributed by atoms with van der Waals surface area (Å²) in [5.74, 6) is -0.701. The zero-order valence-electron chi connectivity index (χ0n) is 19.0. The van der Waals surface area contributed by atoms with Gasteiger partial charge in [-0.2, -0.15) is 0 Å². The SMILES string of the molecule is CCCCOc1ccc(C2/C(=C(/O)c3ccc(Cl)c(OC)c3)C(=O)C(=O)N2CCOC)cc1. The van der Waals surface area contributed by atoms with Crippen LogP contribution in [0, 0.1) is 0 Å². The number of benzene rings is 2. The Morgan fingerprint density at radius 3 is 2.45 bits per heavy atom. The Hall–Kier alpha value is -3.03. The van der Waals surface area contributed by atoms with Crippen LogP contribution < -0.4 is 9.47 Å². The van der Waals surface area contributed by atoms with Gasteiger partial charge in [-0.05, 0) is 42.3 Å². The molecule has 0 radical (unpaired) electrons. The van der Waals surface area contributed by atoms with E-state index in [4.69, 9.17) is 25.8 Å². The second kappa shape index (κ2) is 11.2. The van der Waals surface area contributed by atoms with Crippen LogP contribution in [0.1, 0.15) is 36.9 Å². The number of carbonyl (C=O) groups is 2. The van der Waals surface area contributed by atoms with Crippen molar-refractivity contribution >= 4 is 29.1 Å². The third-order valence-corrected chi connectivity index (χ3v) is 5.78. The summed E-state index contributed by atoms with van der Waals surface area (Å²) in [5.41, 5.74) is 1.00. The highest BCUT2D eigenvalue weighted by molar-refractivity contribution is 6.46. The second-order valence-electron chi connectivity index (χ2n) is 7.61. The molecule has 8 heteroatoms. The lowest BCUT2D eigenvalue weighted by atomic mass is 9.95. The van der Waals surface area contributed by atoms with E-state index in [9.17, 15) is 14.7 Å². The van der Waals surface area contributed by atoms with Gasteiger partial charge in [0.15, 0.2) is 0 Å². The highest BCUT2D eigenvalue weighted by Crippen LogP contribution is 2.40. The average molecular weight is 474 g/mol. The summed E-state index contributed by atoms with van der Waals surface area (Å²) in [4.78, 5) is 27.3. The van der Waals surface area contributed by atoms with E-state index in [1.165, 1.54) is 25.2 Å². The number of hydrogen-bond acceptors (Lipinski definition) is 6. The minimum absolute atomic E-state index is 0.000120. The summed E-state index contributed by atoms with van der Waals surface area (Å²) in [5, 5.41) is 11.5. The van der Waals surface area contributed by atoms with E-state index in [0.29, 0.717) is 34.3 Å². The van der Waals surface area contributed by atoms with Gasteiger partial charge >= 0.3 is 0 Å². The number of Topliss-reactive ketones (excluding diaryl/α,β-unsaturated/α-hetero) is 1. The van der Waals surface area contributed by atoms with Gasteiger partial charge in [0.25, 0.3) is 11.7 Å². The predicted octanol–water partition coefficient (Wildman–Crippen LogP) is 4.60. The van der Waals surface area contributed by atoms with Gasteiger partial charge in [0.2, 0.25) is 0 Å². The van der Waals surface area contributed by atoms with E-state index in [1.54, 1.807) is 36.4 Å². The maximum Gasteiger partial charge on any atom is 0.295 e. The largest absolute Gasteiger partial charge is 0.507 e. The van der Waals surface area contributed by atoms with Gasteiger partial charge in [-0.15, -0.1) is 0 Å². The van der Waals surface area contributed by atoms with E-state index in [2.05, 4.69) is 6.92 Å². The molecule has 1 heterocycles. The van der Waals surface area contributed by atoms with Crippen LogP contribution in [-0.2, 0) is 14.3 Å². The van der Waals surface area contributed by atoms with Crippen molar-refractivity contribution in [1.29, 1.82) is 0 Å². The quantitative estimate of drug-likeness (QED) is 0.235. The van der Waals surface area contributed by atoms with Crippen LogP contribution in [0.25, 0.3) is 5.76 Å². The lowest BCUT2D eigenvalue weighted by Gasteiger charge is -2.25. The van der Waals surface area contributed by atoms with E-state index in [-0.39, 0.29) is 24.5 Å². The summed E-state index contributed by atoms with van der Waals surface area (Å²) in [6.45, 7) is 3.14. The Morgan fingerprint density at radius 1 is 1.09 bits per heavy atom. The minimum atomic E-state index is -0.772. The molecule has 0 saturated carbocycles. The lowest BCUT2D eigenvalue weighted by Crippen LogP contribution is -2.32. The van der Waals surface area contributed by atoms with Gasteiger partial charge < -0.3 is 24.2 Å². The molecule has 33 heavy (non-hydrogen) atoms. The average Bonchev–Trinajstić information content (AvgIpc) is 3.08. The highest BCUT2D eigenvalue weighted by atomic mass is 35.5. The number of ketones is 1. The molecule has 1 aliphatic rings. The highest BCUT2D eigenvalue weighted by Gasteiger charge is 2.45. The van der Waals surface area contributed by atoms with Crippen molar-refractivity contribution < 1.29 is 28.9 Å². The second-order valence-corrected chi connectivity index (χ2v) is 8.01. The third-order valence-electron chi connectivity index (χ3n) is 5.46. The molecule has 0 aliphatic carbocycles. The Balaban J connectivity index is 2.06. The molecule has 1 aliphatic heterocycles. The molecule has 176 valence electrons. The van der Waals surface area contributed by atoms with E-state index in [0.717, 1.165) is 12.8 Å². The van der Waals surface area contributed by atoms with Crippen molar-refractivity contribution in [2.24, 2.45) is 0 Å². The van der Waals surface area contributed by atoms with Gasteiger partial charge in [0.1, 0.15) is 17.3 Å². The summed E-state index contributed by atoms with van der Waals surface area (Å²) in [6, 6.07) is 11.1. The number of aliphatic hydroxyl groups excluding tert-OH is 1. The molecule has 0 aromatic heterocycles. The normalized spacial score (nSPS) is 17.5. The lowest BCUT2D eigenvalue weighted by molar-refractivity contribution is -0.140. The van der Waals surface area contributed by atoms with Crippen molar-refractivity contribution in [2.45, 2.75) is 25.8 Å². The topological polar surface area (TPSA) is 85.3 Å². The molecule has 3 rings (SSSR count). The first-order valence-corrected chi connectivity index (χ1v) is 11.1. The van der Waals surface area contributed by atoms with Crippen LogP contribution >= 0.6 is 11.6 Å². The predicted molar refractivity (Wildman–Crippen MR) is 126 cm³/mol. The third kappa shape index (κ3) is 5.31. The van der Waals surface area contributed by atoms with E-state index < -0.39 is 17.7 Å². The maximum atomic E-state index is 13.0. The fourth-order valence-electron chi connectivity index (χ4n) is 3.69. The number of nitrogens with zero attached hydrogens (tertiary/aromatic N) is 1. The fraction of sp³-hybridized carbons (Fsp3) is 0.360. The number of carbonyl (C=O) groups excluding carboxylic acids is 2. The number of ether oxygens (including phenoxy) is 3.